The normalized spacial score (nSPS) is 20.0. The first-order valence-corrected chi connectivity index (χ1v) is 10.2. The summed E-state index contributed by atoms with van der Waals surface area (Å²) in [4.78, 5) is 26.7. The highest BCUT2D eigenvalue weighted by atomic mass is 19.4. The van der Waals surface area contributed by atoms with Gasteiger partial charge in [0, 0.05) is 0 Å². The lowest BCUT2D eigenvalue weighted by atomic mass is 9.87. The number of likely N-dealkylation sites (N-methyl/N-ethyl adjacent to an activating group) is 1. The number of hydrogen-bond acceptors (Lipinski definition) is 7. The Kier molecular flexibility index (Phi) is 11.2. The van der Waals surface area contributed by atoms with Crippen molar-refractivity contribution in [2.45, 2.75) is 64.3 Å². The summed E-state index contributed by atoms with van der Waals surface area (Å²) in [6.45, 7) is 7.00. The zero-order chi connectivity index (χ0) is 25.3. The van der Waals surface area contributed by atoms with E-state index in [-0.39, 0.29) is 23.5 Å². The number of carboxylic acid groups (broad SMARTS) is 1. The van der Waals surface area contributed by atoms with Crippen LogP contribution < -0.4 is 5.11 Å². The minimum absolute atomic E-state index is 0.0760. The van der Waals surface area contributed by atoms with E-state index in [1.54, 1.807) is 7.05 Å². The van der Waals surface area contributed by atoms with E-state index in [1.807, 2.05) is 20.8 Å². The molecule has 188 valence electrons. The lowest BCUT2D eigenvalue weighted by Gasteiger charge is -2.28. The van der Waals surface area contributed by atoms with Crippen LogP contribution >= 0.6 is 0 Å². The molecule has 1 aliphatic carbocycles. The number of carboxylic acids is 1. The van der Waals surface area contributed by atoms with Crippen molar-refractivity contribution in [3.63, 3.8) is 0 Å². The summed E-state index contributed by atoms with van der Waals surface area (Å²) in [5.74, 6) is -3.21. The van der Waals surface area contributed by atoms with Crippen molar-refractivity contribution < 1.29 is 46.9 Å². The first kappa shape index (κ1) is 29.7. The molecule has 0 aliphatic heterocycles. The number of carbonyl (C=O) groups excluding carboxylic acids is 2. The van der Waals surface area contributed by atoms with Crippen LogP contribution in [0.1, 0.15) is 46.5 Å². The summed E-state index contributed by atoms with van der Waals surface area (Å²) < 4.78 is 37.7. The third-order valence-electron chi connectivity index (χ3n) is 4.74. The van der Waals surface area contributed by atoms with Crippen LogP contribution in [0.5, 0.6) is 0 Å². The number of hydrogen-bond donors (Lipinski definition) is 0. The average Bonchev–Trinajstić information content (AvgIpc) is 2.63. The predicted molar refractivity (Wildman–Crippen MR) is 105 cm³/mol. The topological polar surface area (TPSA) is 117 Å². The summed E-state index contributed by atoms with van der Waals surface area (Å²) >= 11 is 0. The molecule has 1 saturated carbocycles. The maximum absolute atomic E-state index is 12.1. The van der Waals surface area contributed by atoms with E-state index in [9.17, 15) is 23.2 Å². The van der Waals surface area contributed by atoms with Gasteiger partial charge >= 0.3 is 12.1 Å². The van der Waals surface area contributed by atoms with E-state index >= 15 is 0 Å². The van der Waals surface area contributed by atoms with Gasteiger partial charge in [-0.3, -0.25) is 4.79 Å². The van der Waals surface area contributed by atoms with Gasteiger partial charge in [-0.1, -0.05) is 0 Å². The summed E-state index contributed by atoms with van der Waals surface area (Å²) in [7, 11) is 7.87. The first-order chi connectivity index (χ1) is 14.3. The Morgan fingerprint density at radius 2 is 1.59 bits per heavy atom. The molecule has 10 nitrogen and oxygen atoms in total. The van der Waals surface area contributed by atoms with Crippen molar-refractivity contribution in [2.24, 2.45) is 11.2 Å². The number of hydrazine groups is 1. The molecule has 0 N–H and O–H groups in total. The molecule has 0 heterocycles. The summed E-state index contributed by atoms with van der Waals surface area (Å²) in [6, 6.07) is 0. The Labute approximate surface area is 186 Å². The molecule has 0 saturated heterocycles. The zero-order valence-electron chi connectivity index (χ0n) is 19.8. The molecule has 1 rings (SSSR count). The van der Waals surface area contributed by atoms with Gasteiger partial charge in [-0.25, -0.2) is 0 Å². The second kappa shape index (κ2) is 12.1. The first-order valence-electron chi connectivity index (χ1n) is 10.2. The number of ether oxygens (including phenoxy) is 1. The Hall–Kier alpha value is -2.31. The molecular formula is C19H35F3N4O6. The molecule has 0 radical (unpaired) electrons. The Morgan fingerprint density at radius 1 is 1.12 bits per heavy atom. The molecule has 0 aromatic carbocycles. The van der Waals surface area contributed by atoms with Crippen LogP contribution in [0.3, 0.4) is 0 Å². The van der Waals surface area contributed by atoms with E-state index in [2.05, 4.69) is 26.4 Å². The Bertz CT molecular complexity index is 636. The quantitative estimate of drug-likeness (QED) is 0.182. The van der Waals surface area contributed by atoms with Gasteiger partial charge in [-0.05, 0) is 46.5 Å². The minimum Gasteiger partial charge on any atom is -0.569 e. The minimum atomic E-state index is -5.19. The third-order valence-corrected chi connectivity index (χ3v) is 4.74. The summed E-state index contributed by atoms with van der Waals surface area (Å²) in [5, 5.41) is 25.8. The summed E-state index contributed by atoms with van der Waals surface area (Å²) in [5.41, 5.74) is -0.332. The molecule has 13 heteroatoms. The van der Waals surface area contributed by atoms with Crippen LogP contribution in [0.25, 0.3) is 0 Å². The highest BCUT2D eigenvalue weighted by molar-refractivity contribution is 5.72. The molecule has 32 heavy (non-hydrogen) atoms. The SMILES string of the molecule is CN(/[N+]([O-])=N\OC1CCC(C(=O)OCC[N+](C)(C)C)CC1)C(C)(C)C.O=C([O-])C(F)(F)F. The van der Waals surface area contributed by atoms with Crippen molar-refractivity contribution in [2.75, 3.05) is 41.3 Å². The average molecular weight is 473 g/mol. The highest BCUT2D eigenvalue weighted by Gasteiger charge is 2.30. The van der Waals surface area contributed by atoms with Crippen molar-refractivity contribution in [1.29, 1.82) is 0 Å². The maximum Gasteiger partial charge on any atom is 0.430 e. The molecule has 0 aromatic heterocycles. The highest BCUT2D eigenvalue weighted by Crippen LogP contribution is 2.27. The van der Waals surface area contributed by atoms with Crippen molar-refractivity contribution in [3.05, 3.63) is 5.21 Å². The molecule has 1 fully saturated rings. The van der Waals surface area contributed by atoms with Crippen LogP contribution in [-0.2, 0) is 19.2 Å². The van der Waals surface area contributed by atoms with Gasteiger partial charge in [0.05, 0.1) is 44.6 Å². The van der Waals surface area contributed by atoms with E-state index < -0.39 is 12.1 Å². The number of esters is 1. The van der Waals surface area contributed by atoms with Gasteiger partial charge in [0.1, 0.15) is 25.2 Å². The van der Waals surface area contributed by atoms with E-state index in [0.29, 0.717) is 37.3 Å². The summed E-state index contributed by atoms with van der Waals surface area (Å²) in [6.07, 6.45) is -2.51. The van der Waals surface area contributed by atoms with Crippen molar-refractivity contribution in [3.8, 4) is 0 Å². The van der Waals surface area contributed by atoms with Gasteiger partial charge < -0.3 is 29.2 Å². The van der Waals surface area contributed by atoms with Crippen LogP contribution in [0.4, 0.5) is 13.2 Å². The second-order valence-electron chi connectivity index (χ2n) is 9.57. The molecular weight excluding hydrogens is 437 g/mol. The lowest BCUT2D eigenvalue weighted by Crippen LogP contribution is -2.42. The molecule has 0 unspecified atom stereocenters. The van der Waals surface area contributed by atoms with Crippen LogP contribution in [0.2, 0.25) is 0 Å². The monoisotopic (exact) mass is 472 g/mol. The molecule has 1 aliphatic rings. The molecule has 0 atom stereocenters. The standard InChI is InChI=1S/C17H35N4O4.C2HF3O2/c1-17(2,3)19(4)20(23)18-25-15-10-8-14(9-11-15)16(22)24-13-12-21(5,6)7;3-2(4,5)1(6)7/h14-15H,8-13H2,1-7H3;(H,6,7)/q+1;/p-1/b20-18+;. The Morgan fingerprint density at radius 3 is 1.97 bits per heavy atom. The fourth-order valence-electron chi connectivity index (χ4n) is 2.36. The van der Waals surface area contributed by atoms with Gasteiger partial charge in [0.15, 0.2) is 0 Å². The van der Waals surface area contributed by atoms with Gasteiger partial charge in [-0.15, -0.1) is 5.01 Å². The number of aliphatic carboxylic acids is 1. The van der Waals surface area contributed by atoms with Gasteiger partial charge in [-0.2, -0.15) is 13.2 Å². The fourth-order valence-corrected chi connectivity index (χ4v) is 2.36. The van der Waals surface area contributed by atoms with Gasteiger partial charge in [0.2, 0.25) is 5.28 Å². The number of nitrogens with zero attached hydrogens (tertiary/aromatic N) is 4. The number of alkyl halides is 3. The maximum atomic E-state index is 12.1. The molecule has 0 amide bonds. The van der Waals surface area contributed by atoms with Gasteiger partial charge in [0.25, 0.3) is 0 Å². The zero-order valence-corrected chi connectivity index (χ0v) is 19.8. The van der Waals surface area contributed by atoms with E-state index in [0.717, 1.165) is 11.0 Å². The largest absolute Gasteiger partial charge is 0.569 e. The van der Waals surface area contributed by atoms with Crippen LogP contribution in [0.15, 0.2) is 5.28 Å². The number of halogens is 3. The van der Waals surface area contributed by atoms with E-state index in [4.69, 9.17) is 19.5 Å². The number of quaternary nitrogens is 1. The smallest absolute Gasteiger partial charge is 0.430 e. The molecule has 0 spiro atoms. The number of rotatable bonds is 7. The van der Waals surface area contributed by atoms with Crippen molar-refractivity contribution >= 4 is 11.9 Å². The molecule has 0 bridgehead atoms. The fraction of sp³-hybridized carbons (Fsp3) is 0.895. The second-order valence-corrected chi connectivity index (χ2v) is 9.57. The third kappa shape index (κ3) is 12.5. The molecule has 0 aromatic rings. The number of carbonyl (C=O) groups is 2. The van der Waals surface area contributed by atoms with E-state index in [1.165, 1.54) is 5.01 Å². The van der Waals surface area contributed by atoms with Crippen LogP contribution in [-0.4, -0.2) is 85.6 Å². The van der Waals surface area contributed by atoms with Crippen LogP contribution in [0, 0.1) is 11.1 Å². The van der Waals surface area contributed by atoms with Crippen molar-refractivity contribution in [1.82, 2.24) is 5.01 Å². The lowest BCUT2D eigenvalue weighted by molar-refractivity contribution is -0.870. The Balaban J connectivity index is 0.00000118. The predicted octanol–water partition coefficient (Wildman–Crippen LogP) is 1.63.